The molecule has 1 atom stereocenters. The number of carbonyl (C=O) groups is 2. The number of ether oxygens (including phenoxy) is 2. The van der Waals surface area contributed by atoms with Crippen LogP contribution in [0.1, 0.15) is 24.5 Å². The van der Waals surface area contributed by atoms with Crippen LogP contribution in [-0.4, -0.2) is 70.9 Å². The Morgan fingerprint density at radius 3 is 3.03 bits per heavy atom. The van der Waals surface area contributed by atoms with Gasteiger partial charge in [-0.3, -0.25) is 9.78 Å². The third-order valence-electron chi connectivity index (χ3n) is 6.33. The molecule has 1 aromatic carbocycles. The van der Waals surface area contributed by atoms with E-state index in [4.69, 9.17) is 33.3 Å². The first-order valence-electron chi connectivity index (χ1n) is 12.4. The number of anilines is 1. The molecule has 1 aromatic heterocycles. The number of rotatable bonds is 9. The van der Waals surface area contributed by atoms with Gasteiger partial charge in [0.25, 0.3) is 5.91 Å². The van der Waals surface area contributed by atoms with Crippen molar-refractivity contribution in [3.8, 4) is 5.75 Å². The zero-order chi connectivity index (χ0) is 27.1. The van der Waals surface area contributed by atoms with Gasteiger partial charge in [-0.25, -0.2) is 4.79 Å². The van der Waals surface area contributed by atoms with E-state index in [0.717, 1.165) is 22.5 Å². The smallest absolute Gasteiger partial charge is 0.407 e. The van der Waals surface area contributed by atoms with Crippen LogP contribution in [0.5, 0.6) is 5.75 Å². The molecule has 0 unspecified atom stereocenters. The van der Waals surface area contributed by atoms with Crippen molar-refractivity contribution in [1.82, 2.24) is 20.5 Å². The van der Waals surface area contributed by atoms with Crippen LogP contribution < -0.4 is 20.7 Å². The molecule has 1 saturated heterocycles. The molecule has 0 spiro atoms. The number of carboxylic acid groups (broad SMARTS) is 1. The van der Waals surface area contributed by atoms with Crippen LogP contribution in [0.25, 0.3) is 0 Å². The van der Waals surface area contributed by atoms with Crippen molar-refractivity contribution >= 4 is 46.5 Å². The Hall–Kier alpha value is -3.41. The van der Waals surface area contributed by atoms with Gasteiger partial charge in [-0.15, -0.1) is 0 Å². The monoisotopic (exact) mass is 559 g/mol. The molecular formula is C26H30ClN5O5S. The number of carbonyl (C=O) groups excluding carboxylic acids is 1. The minimum Gasteiger partial charge on any atom is -0.489 e. The van der Waals surface area contributed by atoms with Gasteiger partial charge in [0.2, 0.25) is 0 Å². The number of halogens is 1. The molecule has 0 bridgehead atoms. The van der Waals surface area contributed by atoms with E-state index in [1.807, 2.05) is 31.2 Å². The number of aromatic nitrogens is 1. The highest BCUT2D eigenvalue weighted by Gasteiger charge is 2.26. The summed E-state index contributed by atoms with van der Waals surface area (Å²) in [5.41, 5.74) is 3.63. The van der Waals surface area contributed by atoms with Crippen molar-refractivity contribution in [2.45, 2.75) is 32.4 Å². The molecule has 38 heavy (non-hydrogen) atoms. The third-order valence-corrected chi connectivity index (χ3v) is 6.99. The maximum atomic E-state index is 12.8. The number of hydrogen-bond acceptors (Lipinski definition) is 7. The summed E-state index contributed by atoms with van der Waals surface area (Å²) < 4.78 is 11.6. The van der Waals surface area contributed by atoms with Gasteiger partial charge in [-0.1, -0.05) is 36.8 Å². The molecule has 0 radical (unpaired) electrons. The summed E-state index contributed by atoms with van der Waals surface area (Å²) in [6.07, 6.45) is 3.22. The minimum atomic E-state index is -0.973. The highest BCUT2D eigenvalue weighted by Crippen LogP contribution is 2.26. The molecule has 4 N–H and O–H groups in total. The van der Waals surface area contributed by atoms with Gasteiger partial charge in [0, 0.05) is 54.2 Å². The van der Waals surface area contributed by atoms with Crippen LogP contribution in [0.4, 0.5) is 10.5 Å². The van der Waals surface area contributed by atoms with Gasteiger partial charge >= 0.3 is 6.09 Å². The van der Waals surface area contributed by atoms with E-state index < -0.39 is 6.09 Å². The Morgan fingerprint density at radius 2 is 2.24 bits per heavy atom. The molecule has 12 heteroatoms. The van der Waals surface area contributed by atoms with E-state index in [9.17, 15) is 14.7 Å². The molecule has 2 aliphatic heterocycles. The van der Waals surface area contributed by atoms with Crippen molar-refractivity contribution in [3.05, 3.63) is 64.1 Å². The average Bonchev–Trinajstić information content (AvgIpc) is 2.91. The van der Waals surface area contributed by atoms with E-state index in [2.05, 4.69) is 20.9 Å². The Morgan fingerprint density at radius 1 is 1.39 bits per heavy atom. The van der Waals surface area contributed by atoms with Crippen molar-refractivity contribution in [2.24, 2.45) is 0 Å². The molecule has 3 heterocycles. The van der Waals surface area contributed by atoms with Crippen LogP contribution in [0.2, 0.25) is 5.02 Å². The van der Waals surface area contributed by atoms with Crippen LogP contribution in [0, 0.1) is 0 Å². The predicted octanol–water partition coefficient (Wildman–Crippen LogP) is 3.36. The van der Waals surface area contributed by atoms with E-state index in [0.29, 0.717) is 60.4 Å². The van der Waals surface area contributed by atoms with E-state index in [1.54, 1.807) is 12.4 Å². The first-order chi connectivity index (χ1) is 18.4. The first kappa shape index (κ1) is 27.6. The van der Waals surface area contributed by atoms with Crippen LogP contribution in [0.3, 0.4) is 0 Å². The maximum absolute atomic E-state index is 12.8. The molecule has 4 rings (SSSR count). The molecule has 202 valence electrons. The summed E-state index contributed by atoms with van der Waals surface area (Å²) in [5, 5.41) is 19.3. The molecule has 0 aliphatic carbocycles. The van der Waals surface area contributed by atoms with Gasteiger partial charge in [0.1, 0.15) is 23.4 Å². The highest BCUT2D eigenvalue weighted by molar-refractivity contribution is 7.81. The lowest BCUT2D eigenvalue weighted by atomic mass is 10.0. The van der Waals surface area contributed by atoms with Crippen molar-refractivity contribution in [1.29, 1.82) is 0 Å². The fourth-order valence-electron chi connectivity index (χ4n) is 4.35. The normalized spacial score (nSPS) is 17.6. The fourth-order valence-corrected chi connectivity index (χ4v) is 4.99. The fraction of sp³-hybridized carbons (Fsp3) is 0.385. The quantitative estimate of drug-likeness (QED) is 0.342. The number of morpholine rings is 1. The number of benzene rings is 1. The summed E-state index contributed by atoms with van der Waals surface area (Å²) in [6, 6.07) is 7.37. The Bertz CT molecular complexity index is 1240. The average molecular weight is 560 g/mol. The Kier molecular flexibility index (Phi) is 9.38. The summed E-state index contributed by atoms with van der Waals surface area (Å²) >= 11 is 12.0. The standard InChI is InChI=1S/C26H30ClN5O5S/c1-2-18-19(27)4-3-5-20(18)31-25(38)23-21(7-9-29-24(23)33)30-12-16-6-8-28-13-22(16)37-15-17-14-32(26(34)35)10-11-36-17/h3-6,8,13,17,30H,2,7,9-12,14-15H2,1H3,(H,29,33)(H,31,38)(H,34,35)/t17-/m1/s1. The molecule has 2 amide bonds. The number of hydrogen-bond donors (Lipinski definition) is 4. The summed E-state index contributed by atoms with van der Waals surface area (Å²) in [6.45, 7) is 3.96. The zero-order valence-corrected chi connectivity index (χ0v) is 22.5. The van der Waals surface area contributed by atoms with Crippen LogP contribution >= 0.6 is 23.8 Å². The number of thiocarbonyl (C=S) groups is 1. The van der Waals surface area contributed by atoms with E-state index in [-0.39, 0.29) is 25.2 Å². The first-order valence-corrected chi connectivity index (χ1v) is 13.1. The summed E-state index contributed by atoms with van der Waals surface area (Å²) in [7, 11) is 0. The molecule has 0 saturated carbocycles. The zero-order valence-electron chi connectivity index (χ0n) is 21.0. The molecular weight excluding hydrogens is 530 g/mol. The molecule has 2 aliphatic rings. The van der Waals surface area contributed by atoms with Crippen LogP contribution in [0.15, 0.2) is 47.9 Å². The number of amides is 2. The number of nitrogens with one attached hydrogen (secondary N) is 3. The topological polar surface area (TPSA) is 125 Å². The molecule has 1 fully saturated rings. The van der Waals surface area contributed by atoms with Gasteiger partial charge in [0.05, 0.1) is 24.9 Å². The number of pyridine rings is 1. The molecule has 2 aromatic rings. The van der Waals surface area contributed by atoms with E-state index in [1.165, 1.54) is 4.90 Å². The van der Waals surface area contributed by atoms with Gasteiger partial charge in [0.15, 0.2) is 0 Å². The van der Waals surface area contributed by atoms with Crippen molar-refractivity contribution < 1.29 is 24.2 Å². The maximum Gasteiger partial charge on any atom is 0.407 e. The van der Waals surface area contributed by atoms with E-state index >= 15 is 0 Å². The predicted molar refractivity (Wildman–Crippen MR) is 148 cm³/mol. The summed E-state index contributed by atoms with van der Waals surface area (Å²) in [5.74, 6) is 0.297. The SMILES string of the molecule is CCc1c(Cl)cccc1NC(=S)C1=C(NCc2ccncc2OC[C@H]2CN(C(=O)O)CCO2)CCNC1=O. The van der Waals surface area contributed by atoms with Crippen molar-refractivity contribution in [3.63, 3.8) is 0 Å². The van der Waals surface area contributed by atoms with Crippen molar-refractivity contribution in [2.75, 3.05) is 38.2 Å². The largest absolute Gasteiger partial charge is 0.489 e. The lowest BCUT2D eigenvalue weighted by Gasteiger charge is -2.31. The summed E-state index contributed by atoms with van der Waals surface area (Å²) in [4.78, 5) is 29.9. The Labute approximate surface area is 231 Å². The van der Waals surface area contributed by atoms with Gasteiger partial charge in [-0.05, 0) is 30.2 Å². The highest BCUT2D eigenvalue weighted by atomic mass is 35.5. The van der Waals surface area contributed by atoms with Gasteiger partial charge < -0.3 is 35.4 Å². The lowest BCUT2D eigenvalue weighted by Crippen LogP contribution is -2.47. The second-order valence-electron chi connectivity index (χ2n) is 8.80. The van der Waals surface area contributed by atoms with Crippen LogP contribution in [-0.2, 0) is 22.5 Å². The second-order valence-corrected chi connectivity index (χ2v) is 9.62. The van der Waals surface area contributed by atoms with Gasteiger partial charge in [-0.2, -0.15) is 0 Å². The number of nitrogens with zero attached hydrogens (tertiary/aromatic N) is 2. The minimum absolute atomic E-state index is 0.187. The third kappa shape index (κ3) is 6.72. The molecule has 10 nitrogen and oxygen atoms in total. The Balaban J connectivity index is 1.45. The lowest BCUT2D eigenvalue weighted by molar-refractivity contribution is -0.117. The second kappa shape index (κ2) is 12.9.